The van der Waals surface area contributed by atoms with E-state index in [-0.39, 0.29) is 0 Å². The summed E-state index contributed by atoms with van der Waals surface area (Å²) in [6, 6.07) is 3.59. The summed E-state index contributed by atoms with van der Waals surface area (Å²) in [5, 5.41) is 4.33. The van der Waals surface area contributed by atoms with Gasteiger partial charge in [-0.15, -0.1) is 0 Å². The second kappa shape index (κ2) is 4.13. The molecule has 2 aromatic rings. The van der Waals surface area contributed by atoms with Gasteiger partial charge < -0.3 is 10.3 Å². The van der Waals surface area contributed by atoms with E-state index in [1.165, 1.54) is 0 Å². The summed E-state index contributed by atoms with van der Waals surface area (Å²) in [4.78, 5) is 6.96. The molecule has 1 heterocycles. The van der Waals surface area contributed by atoms with Crippen LogP contribution in [0.2, 0.25) is 10.0 Å². The van der Waals surface area contributed by atoms with E-state index in [9.17, 15) is 0 Å². The van der Waals surface area contributed by atoms with Crippen molar-refractivity contribution < 1.29 is 0 Å². The minimum absolute atomic E-state index is 0.619. The summed E-state index contributed by atoms with van der Waals surface area (Å²) in [5.41, 5.74) is 1.69. The highest BCUT2D eigenvalue weighted by molar-refractivity contribution is 6.35. The van der Waals surface area contributed by atoms with Crippen molar-refractivity contribution in [1.29, 1.82) is 0 Å². The molecule has 2 N–H and O–H groups in total. The molecule has 0 spiro atoms. The van der Waals surface area contributed by atoms with Gasteiger partial charge in [-0.25, -0.2) is 4.98 Å². The van der Waals surface area contributed by atoms with Crippen molar-refractivity contribution in [3.05, 3.63) is 40.1 Å². The SMILES string of the molecule is Cc1cc(Cl)c(Nc2ncc[nH]2)cc1Cl. The lowest BCUT2D eigenvalue weighted by Gasteiger charge is -2.07. The molecule has 1 aromatic heterocycles. The molecule has 15 heavy (non-hydrogen) atoms. The first-order valence-electron chi connectivity index (χ1n) is 4.39. The highest BCUT2D eigenvalue weighted by atomic mass is 35.5. The number of nitrogens with zero attached hydrogens (tertiary/aromatic N) is 1. The third-order valence-electron chi connectivity index (χ3n) is 2.00. The van der Waals surface area contributed by atoms with E-state index in [2.05, 4.69) is 15.3 Å². The van der Waals surface area contributed by atoms with Crippen LogP contribution in [0.4, 0.5) is 11.6 Å². The van der Waals surface area contributed by atoms with Crippen molar-refractivity contribution in [2.75, 3.05) is 5.32 Å². The van der Waals surface area contributed by atoms with Crippen LogP contribution in [0.3, 0.4) is 0 Å². The lowest BCUT2D eigenvalue weighted by Crippen LogP contribution is -1.93. The largest absolute Gasteiger partial charge is 0.331 e. The summed E-state index contributed by atoms with van der Waals surface area (Å²) in [7, 11) is 0. The number of aromatic amines is 1. The van der Waals surface area contributed by atoms with E-state index in [1.807, 2.05) is 13.0 Å². The first-order valence-corrected chi connectivity index (χ1v) is 5.14. The molecule has 2 rings (SSSR count). The Labute approximate surface area is 97.4 Å². The number of aryl methyl sites for hydroxylation is 1. The quantitative estimate of drug-likeness (QED) is 0.841. The Bertz CT molecular complexity index is 466. The first kappa shape index (κ1) is 10.3. The van der Waals surface area contributed by atoms with Crippen LogP contribution in [0.15, 0.2) is 24.5 Å². The third kappa shape index (κ3) is 2.25. The third-order valence-corrected chi connectivity index (χ3v) is 2.72. The van der Waals surface area contributed by atoms with Crippen molar-refractivity contribution in [3.63, 3.8) is 0 Å². The molecule has 0 atom stereocenters. The molecule has 1 aromatic carbocycles. The van der Waals surface area contributed by atoms with Gasteiger partial charge in [-0.05, 0) is 24.6 Å². The van der Waals surface area contributed by atoms with Crippen LogP contribution in [0.1, 0.15) is 5.56 Å². The van der Waals surface area contributed by atoms with Gasteiger partial charge in [-0.2, -0.15) is 0 Å². The predicted octanol–water partition coefficient (Wildman–Crippen LogP) is 3.77. The topological polar surface area (TPSA) is 40.7 Å². The number of nitrogens with one attached hydrogen (secondary N) is 2. The molecule has 0 amide bonds. The number of aromatic nitrogens is 2. The van der Waals surface area contributed by atoms with Gasteiger partial charge in [-0.3, -0.25) is 0 Å². The predicted molar refractivity (Wildman–Crippen MR) is 63.1 cm³/mol. The zero-order valence-electron chi connectivity index (χ0n) is 8.01. The van der Waals surface area contributed by atoms with Crippen LogP contribution in [0, 0.1) is 6.92 Å². The molecule has 0 saturated carbocycles. The van der Waals surface area contributed by atoms with Crippen LogP contribution in [-0.4, -0.2) is 9.97 Å². The highest BCUT2D eigenvalue weighted by Crippen LogP contribution is 2.30. The fourth-order valence-electron chi connectivity index (χ4n) is 1.20. The standard InChI is InChI=1S/C10H9Cl2N3/c1-6-4-8(12)9(5-7(6)11)15-10-13-2-3-14-10/h2-5H,1H3,(H2,13,14,15). The van der Waals surface area contributed by atoms with Crippen molar-refractivity contribution in [1.82, 2.24) is 9.97 Å². The van der Waals surface area contributed by atoms with E-state index in [4.69, 9.17) is 23.2 Å². The monoisotopic (exact) mass is 241 g/mol. The van der Waals surface area contributed by atoms with Crippen LogP contribution < -0.4 is 5.32 Å². The summed E-state index contributed by atoms with van der Waals surface area (Å²) in [6.07, 6.45) is 3.39. The second-order valence-electron chi connectivity index (χ2n) is 3.14. The Morgan fingerprint density at radius 1 is 1.27 bits per heavy atom. The number of H-pyrrole nitrogens is 1. The van der Waals surface area contributed by atoms with E-state index in [0.29, 0.717) is 16.0 Å². The number of hydrogen-bond acceptors (Lipinski definition) is 2. The molecule has 0 bridgehead atoms. The van der Waals surface area contributed by atoms with Gasteiger partial charge >= 0.3 is 0 Å². The summed E-state index contributed by atoms with van der Waals surface area (Å²) in [6.45, 7) is 1.91. The minimum atomic E-state index is 0.619. The van der Waals surface area contributed by atoms with E-state index < -0.39 is 0 Å². The highest BCUT2D eigenvalue weighted by Gasteiger charge is 2.05. The van der Waals surface area contributed by atoms with Gasteiger partial charge in [0.15, 0.2) is 0 Å². The zero-order chi connectivity index (χ0) is 10.8. The van der Waals surface area contributed by atoms with Crippen molar-refractivity contribution in [3.8, 4) is 0 Å². The van der Waals surface area contributed by atoms with Crippen LogP contribution in [-0.2, 0) is 0 Å². The van der Waals surface area contributed by atoms with E-state index in [1.54, 1.807) is 18.5 Å². The molecule has 3 nitrogen and oxygen atoms in total. The molecule has 0 aliphatic heterocycles. The Kier molecular flexibility index (Phi) is 2.84. The van der Waals surface area contributed by atoms with Gasteiger partial charge in [0, 0.05) is 17.4 Å². The molecule has 78 valence electrons. The Hall–Kier alpha value is -1.19. The average Bonchev–Trinajstić information content (AvgIpc) is 2.67. The van der Waals surface area contributed by atoms with Gasteiger partial charge in [0.25, 0.3) is 0 Å². The van der Waals surface area contributed by atoms with Crippen molar-refractivity contribution >= 4 is 34.8 Å². The molecule has 5 heteroatoms. The fourth-order valence-corrected chi connectivity index (χ4v) is 1.63. The zero-order valence-corrected chi connectivity index (χ0v) is 9.52. The Morgan fingerprint density at radius 3 is 2.73 bits per heavy atom. The van der Waals surface area contributed by atoms with Crippen molar-refractivity contribution in [2.24, 2.45) is 0 Å². The van der Waals surface area contributed by atoms with Gasteiger partial charge in [-0.1, -0.05) is 23.2 Å². The number of rotatable bonds is 2. The maximum Gasteiger partial charge on any atom is 0.204 e. The lowest BCUT2D eigenvalue weighted by molar-refractivity contribution is 1.28. The van der Waals surface area contributed by atoms with E-state index >= 15 is 0 Å². The molecular formula is C10H9Cl2N3. The summed E-state index contributed by atoms with van der Waals surface area (Å²) >= 11 is 12.1. The Balaban J connectivity index is 2.33. The number of halogens is 2. The molecule has 0 saturated heterocycles. The van der Waals surface area contributed by atoms with Crippen LogP contribution in [0.25, 0.3) is 0 Å². The summed E-state index contributed by atoms with van der Waals surface area (Å²) < 4.78 is 0. The number of hydrogen-bond donors (Lipinski definition) is 2. The second-order valence-corrected chi connectivity index (χ2v) is 3.96. The first-order chi connectivity index (χ1) is 7.16. The Morgan fingerprint density at radius 2 is 2.07 bits per heavy atom. The van der Waals surface area contributed by atoms with Crippen LogP contribution in [0.5, 0.6) is 0 Å². The number of benzene rings is 1. The normalized spacial score (nSPS) is 10.3. The number of anilines is 2. The van der Waals surface area contributed by atoms with Gasteiger partial charge in [0.1, 0.15) is 0 Å². The number of imidazole rings is 1. The average molecular weight is 242 g/mol. The maximum atomic E-state index is 6.06. The smallest absolute Gasteiger partial charge is 0.204 e. The van der Waals surface area contributed by atoms with Crippen molar-refractivity contribution in [2.45, 2.75) is 6.92 Å². The molecule has 0 radical (unpaired) electrons. The molecular weight excluding hydrogens is 233 g/mol. The minimum Gasteiger partial charge on any atom is -0.331 e. The molecule has 0 fully saturated rings. The van der Waals surface area contributed by atoms with Gasteiger partial charge in [0.2, 0.25) is 5.95 Å². The molecule has 0 unspecified atom stereocenters. The van der Waals surface area contributed by atoms with E-state index in [0.717, 1.165) is 11.3 Å². The lowest BCUT2D eigenvalue weighted by atomic mass is 10.2. The van der Waals surface area contributed by atoms with Crippen LogP contribution >= 0.6 is 23.2 Å². The maximum absolute atomic E-state index is 6.06. The summed E-state index contributed by atoms with van der Waals surface area (Å²) in [5.74, 6) is 0.636. The fraction of sp³-hybridized carbons (Fsp3) is 0.100. The van der Waals surface area contributed by atoms with Gasteiger partial charge in [0.05, 0.1) is 10.7 Å². The molecule has 0 aliphatic rings. The molecule has 0 aliphatic carbocycles.